The van der Waals surface area contributed by atoms with Crippen LogP contribution in [0.1, 0.15) is 37.6 Å². The van der Waals surface area contributed by atoms with Gasteiger partial charge in [0.15, 0.2) is 0 Å². The predicted octanol–water partition coefficient (Wildman–Crippen LogP) is 2.90. The van der Waals surface area contributed by atoms with E-state index in [9.17, 15) is 14.9 Å². The molecular weight excluding hydrogens is 258 g/mol. The molecule has 1 aromatic carbocycles. The van der Waals surface area contributed by atoms with Crippen molar-refractivity contribution in [3.05, 3.63) is 33.9 Å². The summed E-state index contributed by atoms with van der Waals surface area (Å²) in [7, 11) is 1.60. The first kappa shape index (κ1) is 15.9. The van der Waals surface area contributed by atoms with Gasteiger partial charge in [-0.25, -0.2) is 0 Å². The van der Waals surface area contributed by atoms with Gasteiger partial charge in [-0.1, -0.05) is 13.0 Å². The van der Waals surface area contributed by atoms with Crippen LogP contribution in [-0.2, 0) is 0 Å². The van der Waals surface area contributed by atoms with Gasteiger partial charge < -0.3 is 10.2 Å². The largest absolute Gasteiger partial charge is 0.383 e. The molecule has 0 radical (unpaired) electrons. The van der Waals surface area contributed by atoms with Crippen molar-refractivity contribution in [1.29, 1.82) is 0 Å². The maximum absolute atomic E-state index is 12.6. The minimum absolute atomic E-state index is 0.0466. The molecule has 6 heteroatoms. The molecule has 1 rings (SSSR count). The average molecular weight is 279 g/mol. The molecule has 0 heterocycles. The standard InChI is InChI=1S/C14H21N3O3/c1-5-10(3)16(6-2)14(18)11-8-7-9-12(15-4)13(11)17(19)20/h7-10,15H,5-6H2,1-4H3. The molecule has 0 spiro atoms. The fourth-order valence-electron chi connectivity index (χ4n) is 2.15. The molecule has 6 nitrogen and oxygen atoms in total. The summed E-state index contributed by atoms with van der Waals surface area (Å²) in [6.07, 6.45) is 0.805. The molecule has 1 unspecified atom stereocenters. The molecule has 1 aromatic rings. The number of hydrogen-bond acceptors (Lipinski definition) is 4. The second-order valence-electron chi connectivity index (χ2n) is 4.56. The highest BCUT2D eigenvalue weighted by atomic mass is 16.6. The number of carbonyl (C=O) groups excluding carboxylic acids is 1. The zero-order valence-electron chi connectivity index (χ0n) is 12.3. The fraction of sp³-hybridized carbons (Fsp3) is 0.500. The Morgan fingerprint density at radius 1 is 1.45 bits per heavy atom. The van der Waals surface area contributed by atoms with Crippen LogP contribution < -0.4 is 5.32 Å². The summed E-state index contributed by atoms with van der Waals surface area (Å²) in [5.74, 6) is -0.300. The van der Waals surface area contributed by atoms with Crippen molar-refractivity contribution >= 4 is 17.3 Å². The number of nitrogens with one attached hydrogen (secondary N) is 1. The minimum Gasteiger partial charge on any atom is -0.383 e. The highest BCUT2D eigenvalue weighted by molar-refractivity contribution is 6.00. The zero-order valence-corrected chi connectivity index (χ0v) is 12.3. The van der Waals surface area contributed by atoms with Crippen molar-refractivity contribution in [2.75, 3.05) is 18.9 Å². The van der Waals surface area contributed by atoms with Gasteiger partial charge >= 0.3 is 5.69 Å². The van der Waals surface area contributed by atoms with E-state index in [0.717, 1.165) is 6.42 Å². The van der Waals surface area contributed by atoms with E-state index >= 15 is 0 Å². The van der Waals surface area contributed by atoms with Crippen molar-refractivity contribution in [3.8, 4) is 0 Å². The Bertz CT molecular complexity index is 502. The van der Waals surface area contributed by atoms with Crippen LogP contribution in [0.15, 0.2) is 18.2 Å². The smallest absolute Gasteiger partial charge is 0.305 e. The minimum atomic E-state index is -0.510. The monoisotopic (exact) mass is 279 g/mol. The number of nitro groups is 1. The van der Waals surface area contributed by atoms with Gasteiger partial charge in [0, 0.05) is 19.6 Å². The first-order valence-electron chi connectivity index (χ1n) is 6.73. The van der Waals surface area contributed by atoms with Crippen LogP contribution in [0.25, 0.3) is 0 Å². The maximum Gasteiger partial charge on any atom is 0.305 e. The number of rotatable bonds is 6. The quantitative estimate of drug-likeness (QED) is 0.641. The van der Waals surface area contributed by atoms with Crippen LogP contribution >= 0.6 is 0 Å². The Balaban J connectivity index is 3.31. The Morgan fingerprint density at radius 3 is 2.55 bits per heavy atom. The van der Waals surface area contributed by atoms with Crippen LogP contribution in [0.3, 0.4) is 0 Å². The first-order valence-corrected chi connectivity index (χ1v) is 6.73. The number of anilines is 1. The average Bonchev–Trinajstić information content (AvgIpc) is 2.46. The van der Waals surface area contributed by atoms with Gasteiger partial charge in [0.2, 0.25) is 0 Å². The third-order valence-corrected chi connectivity index (χ3v) is 3.44. The van der Waals surface area contributed by atoms with Crippen molar-refractivity contribution < 1.29 is 9.72 Å². The van der Waals surface area contributed by atoms with Gasteiger partial charge in [0.25, 0.3) is 5.91 Å². The number of nitrogens with zero attached hydrogens (tertiary/aromatic N) is 2. The second-order valence-corrected chi connectivity index (χ2v) is 4.56. The summed E-state index contributed by atoms with van der Waals surface area (Å²) >= 11 is 0. The number of carbonyl (C=O) groups is 1. The van der Waals surface area contributed by atoms with Crippen LogP contribution in [0.4, 0.5) is 11.4 Å². The third-order valence-electron chi connectivity index (χ3n) is 3.44. The first-order chi connectivity index (χ1) is 9.47. The Kier molecular flexibility index (Phi) is 5.49. The Hall–Kier alpha value is -2.11. The van der Waals surface area contributed by atoms with Crippen molar-refractivity contribution in [2.24, 2.45) is 0 Å². The SMILES string of the molecule is CCC(C)N(CC)C(=O)c1cccc(NC)c1[N+](=O)[O-]. The lowest BCUT2D eigenvalue weighted by atomic mass is 10.1. The predicted molar refractivity (Wildman–Crippen MR) is 79.1 cm³/mol. The Morgan fingerprint density at radius 2 is 2.10 bits per heavy atom. The summed E-state index contributed by atoms with van der Waals surface area (Å²) in [4.78, 5) is 25.0. The second kappa shape index (κ2) is 6.88. The summed E-state index contributed by atoms with van der Waals surface area (Å²) in [6.45, 7) is 6.32. The molecule has 1 atom stereocenters. The van der Waals surface area contributed by atoms with E-state index in [-0.39, 0.29) is 23.2 Å². The van der Waals surface area contributed by atoms with Crippen LogP contribution in [0.5, 0.6) is 0 Å². The Labute approximate surface area is 118 Å². The van der Waals surface area contributed by atoms with E-state index < -0.39 is 4.92 Å². The van der Waals surface area contributed by atoms with Gasteiger partial charge in [-0.05, 0) is 32.4 Å². The van der Waals surface area contributed by atoms with Gasteiger partial charge in [-0.3, -0.25) is 14.9 Å². The summed E-state index contributed by atoms with van der Waals surface area (Å²) in [5, 5.41) is 14.0. The molecule has 0 bridgehead atoms. The number of amides is 1. The van der Waals surface area contributed by atoms with Crippen LogP contribution in [0.2, 0.25) is 0 Å². The number of benzene rings is 1. The topological polar surface area (TPSA) is 75.5 Å². The summed E-state index contributed by atoms with van der Waals surface area (Å²) in [5.41, 5.74) is 0.312. The lowest BCUT2D eigenvalue weighted by Gasteiger charge is -2.27. The van der Waals surface area contributed by atoms with Gasteiger partial charge in [0.1, 0.15) is 11.3 Å². The van der Waals surface area contributed by atoms with Crippen LogP contribution in [0, 0.1) is 10.1 Å². The normalized spacial score (nSPS) is 11.8. The molecule has 20 heavy (non-hydrogen) atoms. The lowest BCUT2D eigenvalue weighted by Crippen LogP contribution is -2.38. The van der Waals surface area contributed by atoms with E-state index in [2.05, 4.69) is 5.32 Å². The van der Waals surface area contributed by atoms with Crippen molar-refractivity contribution in [3.63, 3.8) is 0 Å². The molecule has 0 saturated heterocycles. The molecule has 110 valence electrons. The highest BCUT2D eigenvalue weighted by Crippen LogP contribution is 2.29. The number of hydrogen-bond donors (Lipinski definition) is 1. The van der Waals surface area contributed by atoms with Crippen molar-refractivity contribution in [2.45, 2.75) is 33.2 Å². The molecule has 0 aliphatic carbocycles. The molecule has 0 aliphatic heterocycles. The summed E-state index contributed by atoms with van der Waals surface area (Å²) in [6, 6.07) is 4.79. The highest BCUT2D eigenvalue weighted by Gasteiger charge is 2.28. The molecule has 0 aromatic heterocycles. The molecule has 0 saturated carbocycles. The van der Waals surface area contributed by atoms with Crippen LogP contribution in [-0.4, -0.2) is 35.4 Å². The summed E-state index contributed by atoms with van der Waals surface area (Å²) < 4.78 is 0. The van der Waals surface area contributed by atoms with Gasteiger partial charge in [-0.15, -0.1) is 0 Å². The number of nitro benzene ring substituents is 1. The molecular formula is C14H21N3O3. The van der Waals surface area contributed by atoms with Gasteiger partial charge in [0.05, 0.1) is 4.92 Å². The van der Waals surface area contributed by atoms with Gasteiger partial charge in [-0.2, -0.15) is 0 Å². The maximum atomic E-state index is 12.6. The fourth-order valence-corrected chi connectivity index (χ4v) is 2.15. The molecule has 0 aliphatic rings. The lowest BCUT2D eigenvalue weighted by molar-refractivity contribution is -0.384. The molecule has 1 amide bonds. The van der Waals surface area contributed by atoms with E-state index in [0.29, 0.717) is 12.2 Å². The van der Waals surface area contributed by atoms with E-state index in [1.54, 1.807) is 24.1 Å². The third kappa shape index (κ3) is 3.07. The van der Waals surface area contributed by atoms with E-state index in [1.807, 2.05) is 20.8 Å². The van der Waals surface area contributed by atoms with E-state index in [4.69, 9.17) is 0 Å². The zero-order chi connectivity index (χ0) is 15.3. The molecule has 0 fully saturated rings. The number of para-hydroxylation sites is 1. The molecule has 1 N–H and O–H groups in total. The van der Waals surface area contributed by atoms with E-state index in [1.165, 1.54) is 6.07 Å². The van der Waals surface area contributed by atoms with Crippen molar-refractivity contribution in [1.82, 2.24) is 4.90 Å².